The van der Waals surface area contributed by atoms with Crippen LogP contribution in [-0.2, 0) is 9.53 Å². The van der Waals surface area contributed by atoms with Gasteiger partial charge in [0.25, 0.3) is 5.91 Å². The molecule has 0 atom stereocenters. The summed E-state index contributed by atoms with van der Waals surface area (Å²) in [7, 11) is 0. The average molecular weight is 513 g/mol. The number of amides is 2. The first-order valence-electron chi connectivity index (χ1n) is 12.0. The Balaban J connectivity index is 0.00000154. The number of anilines is 1. The topological polar surface area (TPSA) is 82.2 Å². The second-order valence-corrected chi connectivity index (χ2v) is 10.1. The molecule has 2 aliphatic rings. The molecule has 196 valence electrons. The maximum Gasteiger partial charge on any atom is 1.00 e. The number of hydrogen-bond donors (Lipinski definition) is 1. The summed E-state index contributed by atoms with van der Waals surface area (Å²) < 4.78 is 5.48. The van der Waals surface area contributed by atoms with Gasteiger partial charge in [-0.3, -0.25) is 16.0 Å². The van der Waals surface area contributed by atoms with Gasteiger partial charge >= 0.3 is 25.0 Å². The largest absolute Gasteiger partial charge is 1.00 e. The predicted molar refractivity (Wildman–Crippen MR) is 139 cm³/mol. The number of ether oxygens (including phenoxy) is 1. The first-order valence-corrected chi connectivity index (χ1v) is 12.4. The summed E-state index contributed by atoms with van der Waals surface area (Å²) in [6.45, 7) is 18.6. The Labute approximate surface area is 233 Å². The van der Waals surface area contributed by atoms with Crippen LogP contribution in [0.1, 0.15) is 50.9 Å². The van der Waals surface area contributed by atoms with E-state index in [2.05, 4.69) is 24.1 Å². The van der Waals surface area contributed by atoms with Crippen molar-refractivity contribution in [2.24, 2.45) is 0 Å². The fourth-order valence-corrected chi connectivity index (χ4v) is 4.40. The Hall–Kier alpha value is -1.72. The van der Waals surface area contributed by atoms with E-state index in [1.165, 1.54) is 13.2 Å². The van der Waals surface area contributed by atoms with Crippen molar-refractivity contribution >= 4 is 35.6 Å². The van der Waals surface area contributed by atoms with Gasteiger partial charge < -0.3 is 38.5 Å². The van der Waals surface area contributed by atoms with Crippen LogP contribution in [0.4, 0.5) is 10.5 Å². The van der Waals surface area contributed by atoms with E-state index in [1.807, 2.05) is 31.7 Å². The second kappa shape index (κ2) is 14.9. The van der Waals surface area contributed by atoms with Crippen LogP contribution in [0.25, 0.3) is 0 Å². The van der Waals surface area contributed by atoms with Crippen LogP contribution in [0.2, 0.25) is 5.02 Å². The molecule has 8 nitrogen and oxygen atoms in total. The summed E-state index contributed by atoms with van der Waals surface area (Å²) in [4.78, 5) is 39.2. The van der Waals surface area contributed by atoms with Crippen molar-refractivity contribution in [2.75, 3.05) is 44.6 Å². The van der Waals surface area contributed by atoms with E-state index < -0.39 is 5.60 Å². The van der Waals surface area contributed by atoms with Crippen molar-refractivity contribution < 1.29 is 38.0 Å². The van der Waals surface area contributed by atoms with Gasteiger partial charge in [0.2, 0.25) is 0 Å². The van der Waals surface area contributed by atoms with Gasteiger partial charge in [-0.15, -0.1) is 13.1 Å². The smallest absolute Gasteiger partial charge is 0.542 e. The van der Waals surface area contributed by atoms with Crippen molar-refractivity contribution in [1.82, 2.24) is 14.7 Å². The normalized spacial score (nSPS) is 16.6. The summed E-state index contributed by atoms with van der Waals surface area (Å²) in [5.41, 5.74) is 0.918. The average Bonchev–Trinajstić information content (AvgIpc) is 2.76. The predicted octanol–water partition coefficient (Wildman–Crippen LogP) is 1.07. The van der Waals surface area contributed by atoms with E-state index in [4.69, 9.17) is 21.1 Å². The van der Waals surface area contributed by atoms with Gasteiger partial charge in [0.1, 0.15) is 5.60 Å². The number of rotatable bonds is 6. The van der Waals surface area contributed by atoms with E-state index in [-0.39, 0.29) is 30.9 Å². The van der Waals surface area contributed by atoms with Crippen molar-refractivity contribution in [3.8, 4) is 0 Å². The number of carbonyl (C=O) groups is 2. The molecule has 2 amide bonds. The maximum absolute atomic E-state index is 12.5. The number of piperidine rings is 1. The molecule has 36 heavy (non-hydrogen) atoms. The van der Waals surface area contributed by atoms with Gasteiger partial charge in [-0.1, -0.05) is 11.6 Å². The third kappa shape index (κ3) is 9.30. The van der Waals surface area contributed by atoms with E-state index >= 15 is 0 Å². The molecule has 3 rings (SSSR count). The molecule has 2 fully saturated rings. The van der Waals surface area contributed by atoms with Gasteiger partial charge in [-0.25, -0.2) is 4.79 Å². The van der Waals surface area contributed by atoms with Crippen molar-refractivity contribution in [3.63, 3.8) is 0 Å². The number of nitrogens with zero attached hydrogens (tertiary/aromatic N) is 3. The number of nitrogens with one attached hydrogen (secondary N) is 1. The first kappa shape index (κ1) is 32.3. The molecule has 2 aliphatic heterocycles. The summed E-state index contributed by atoms with van der Waals surface area (Å²) in [6, 6.07) is 6.29. The van der Waals surface area contributed by atoms with Crippen molar-refractivity contribution in [1.29, 1.82) is 0 Å². The van der Waals surface area contributed by atoms with Gasteiger partial charge in [-0.05, 0) is 51.8 Å². The van der Waals surface area contributed by atoms with Crippen LogP contribution in [0.3, 0.4) is 0 Å². The molecule has 0 aromatic heterocycles. The molecule has 0 unspecified atom stereocenters. The van der Waals surface area contributed by atoms with E-state index in [0.29, 0.717) is 35.8 Å². The molecule has 0 saturated carbocycles. The summed E-state index contributed by atoms with van der Waals surface area (Å²) in [5, 5.41) is 3.93. The maximum atomic E-state index is 12.5. The Morgan fingerprint density at radius 3 is 2.22 bits per heavy atom. The standard InChI is InChI=1S/C24H35ClN4O3.C2H3O.Li/c1-6-27(7-2)22(30)20-9-8-17(14-21(20)25)26-18-15-29(16-18)19-10-12-28(13-11-19)23(31)32-24(3,4)5;1-2-3;/h8-9,14,18-19,26H,1-2,6-7,10-13,15-16H2,3-5H3;1H3;/q-2;-1;+1. The molecule has 10 heteroatoms. The Morgan fingerprint density at radius 2 is 1.75 bits per heavy atom. The zero-order chi connectivity index (χ0) is 26.2. The van der Waals surface area contributed by atoms with Gasteiger partial charge in [0, 0.05) is 37.9 Å². The molecule has 0 aliphatic carbocycles. The zero-order valence-electron chi connectivity index (χ0n) is 22.3. The van der Waals surface area contributed by atoms with Crippen LogP contribution >= 0.6 is 11.6 Å². The first-order chi connectivity index (χ1) is 16.5. The number of hydrogen-bond acceptors (Lipinski definition) is 6. The minimum Gasteiger partial charge on any atom is -0.542 e. The van der Waals surface area contributed by atoms with Crippen molar-refractivity contribution in [2.45, 2.75) is 58.2 Å². The minimum atomic E-state index is -0.460. The number of halogens is 1. The van der Waals surface area contributed by atoms with Gasteiger partial charge in [-0.2, -0.15) is 6.92 Å². The van der Waals surface area contributed by atoms with E-state index in [0.717, 1.165) is 44.7 Å². The van der Waals surface area contributed by atoms with Gasteiger partial charge in [0.05, 0.1) is 16.6 Å². The summed E-state index contributed by atoms with van der Waals surface area (Å²) >= 11 is 6.38. The third-order valence-corrected chi connectivity index (χ3v) is 6.25. The monoisotopic (exact) mass is 512 g/mol. The quantitative estimate of drug-likeness (QED) is 0.453. The molecule has 1 aromatic carbocycles. The van der Waals surface area contributed by atoms with Crippen molar-refractivity contribution in [3.05, 3.63) is 42.6 Å². The molecule has 2 heterocycles. The summed E-state index contributed by atoms with van der Waals surface area (Å²) in [5.74, 6) is -0.154. The number of benzene rings is 1. The molecule has 0 bridgehead atoms. The molecule has 2 saturated heterocycles. The van der Waals surface area contributed by atoms with Gasteiger partial charge in [0.15, 0.2) is 0 Å². The second-order valence-electron chi connectivity index (χ2n) is 9.68. The zero-order valence-corrected chi connectivity index (χ0v) is 23.1. The fraction of sp³-hybridized carbons (Fsp3) is 0.577. The molecule has 0 spiro atoms. The number of carbonyl (C=O) groups excluding carboxylic acids is 3. The third-order valence-electron chi connectivity index (χ3n) is 5.94. The molecule has 0 radical (unpaired) electrons. The Kier molecular flexibility index (Phi) is 13.3. The Morgan fingerprint density at radius 1 is 1.19 bits per heavy atom. The minimum absolute atomic E-state index is 0. The summed E-state index contributed by atoms with van der Waals surface area (Å²) in [6.07, 6.45) is 3.21. The molecule has 1 aromatic rings. The van der Waals surface area contributed by atoms with E-state index in [9.17, 15) is 9.59 Å². The fourth-order valence-electron chi connectivity index (χ4n) is 4.14. The van der Waals surface area contributed by atoms with Crippen LogP contribution < -0.4 is 24.2 Å². The van der Waals surface area contributed by atoms with Crippen LogP contribution in [0.15, 0.2) is 18.2 Å². The molecular weight excluding hydrogens is 475 g/mol. The number of likely N-dealkylation sites (tertiary alicyclic amines) is 2. The molecular formula is C26H38ClLiN4O4-2. The SMILES string of the molecule is C[C-]=O.[CH2-]CN(C[CH2-])C(=O)c1ccc(NC2CN(C3CCN(C(=O)OC(C)(C)C)CC3)C2)cc1Cl.[Li+]. The van der Waals surface area contributed by atoms with Crippen LogP contribution in [-0.4, -0.2) is 89.9 Å². The molecule has 1 N–H and O–H groups in total. The Bertz CT molecular complexity index is 862. The van der Waals surface area contributed by atoms with Crippen LogP contribution in [0.5, 0.6) is 0 Å². The van der Waals surface area contributed by atoms with Crippen LogP contribution in [0, 0.1) is 13.8 Å². The van der Waals surface area contributed by atoms with E-state index in [1.54, 1.807) is 17.0 Å².